The molecule has 0 amide bonds. The van der Waals surface area contributed by atoms with Gasteiger partial charge in [-0.1, -0.05) is 12.5 Å². The van der Waals surface area contributed by atoms with Crippen LogP contribution in [0, 0.1) is 0 Å². The molecule has 16 heavy (non-hydrogen) atoms. The van der Waals surface area contributed by atoms with Crippen LogP contribution >= 0.6 is 12.0 Å². The lowest BCUT2D eigenvalue weighted by Crippen LogP contribution is -2.03. The number of nitrogens with one attached hydrogen (secondary N) is 1. The highest BCUT2D eigenvalue weighted by atomic mass is 32.2. The smallest absolute Gasteiger partial charge is 0.0680 e. The summed E-state index contributed by atoms with van der Waals surface area (Å²) in [7, 11) is 0. The minimum atomic E-state index is 0.764. The molecule has 4 N–H and O–H groups in total. The van der Waals surface area contributed by atoms with Crippen molar-refractivity contribution in [3.8, 4) is 0 Å². The van der Waals surface area contributed by atoms with Gasteiger partial charge in [0, 0.05) is 17.1 Å². The van der Waals surface area contributed by atoms with Gasteiger partial charge in [0.1, 0.15) is 0 Å². The average molecular weight is 242 g/mol. The zero-order chi connectivity index (χ0) is 11.6. The van der Waals surface area contributed by atoms with Crippen LogP contribution in [0.15, 0.2) is 29.2 Å². The molecule has 0 heterocycles. The van der Waals surface area contributed by atoms with E-state index in [4.69, 9.17) is 11.0 Å². The predicted molar refractivity (Wildman–Crippen MR) is 67.4 cm³/mol. The van der Waals surface area contributed by atoms with Gasteiger partial charge in [-0.25, -0.2) is 5.26 Å². The number of unbranched alkanes of at least 4 members (excludes halogenated alkanes) is 2. The molecule has 90 valence electrons. The zero-order valence-electron chi connectivity index (χ0n) is 9.19. The van der Waals surface area contributed by atoms with E-state index in [0.29, 0.717) is 0 Å². The van der Waals surface area contributed by atoms with Crippen LogP contribution in [-0.4, -0.2) is 18.3 Å². The third kappa shape index (κ3) is 5.37. The van der Waals surface area contributed by atoms with Crippen molar-refractivity contribution in [2.45, 2.75) is 24.2 Å². The van der Waals surface area contributed by atoms with Crippen molar-refractivity contribution in [3.05, 3.63) is 24.3 Å². The molecule has 0 saturated carbocycles. The first kappa shape index (κ1) is 13.3. The maximum Gasteiger partial charge on any atom is 0.0680 e. The predicted octanol–water partition coefficient (Wildman–Crippen LogP) is 2.72. The van der Waals surface area contributed by atoms with E-state index in [1.54, 1.807) is 0 Å². The van der Waals surface area contributed by atoms with Gasteiger partial charge in [0.2, 0.25) is 0 Å². The van der Waals surface area contributed by atoms with Crippen LogP contribution in [0.4, 0.5) is 5.69 Å². The number of nitrogens with two attached hydrogens (primary N) is 1. The van der Waals surface area contributed by atoms with Crippen molar-refractivity contribution < 1.29 is 9.59 Å². The lowest BCUT2D eigenvalue weighted by Gasteiger charge is -2.06. The van der Waals surface area contributed by atoms with E-state index in [1.807, 2.05) is 24.3 Å². The maximum absolute atomic E-state index is 8.31. The van der Waals surface area contributed by atoms with Crippen LogP contribution in [0.1, 0.15) is 19.3 Å². The molecule has 1 aromatic rings. The Bertz CT molecular complexity index is 297. The van der Waals surface area contributed by atoms with Crippen LogP contribution in [-0.2, 0) is 4.33 Å². The molecule has 0 aliphatic rings. The normalized spacial score (nSPS) is 10.4. The van der Waals surface area contributed by atoms with Crippen LogP contribution in [0.3, 0.4) is 0 Å². The molecule has 0 radical (unpaired) electrons. The highest BCUT2D eigenvalue weighted by Crippen LogP contribution is 2.21. The van der Waals surface area contributed by atoms with Crippen LogP contribution in [0.25, 0.3) is 0 Å². The highest BCUT2D eigenvalue weighted by molar-refractivity contribution is 7.94. The first-order valence-corrected chi connectivity index (χ1v) is 6.13. The Morgan fingerprint density at radius 3 is 2.94 bits per heavy atom. The molecule has 4 nitrogen and oxygen atoms in total. The molecule has 0 fully saturated rings. The second-order valence-corrected chi connectivity index (χ2v) is 4.25. The second kappa shape index (κ2) is 8.41. The molecule has 0 saturated heterocycles. The van der Waals surface area contributed by atoms with Gasteiger partial charge in [-0.15, -0.1) is 0 Å². The average Bonchev–Trinajstić information content (AvgIpc) is 2.30. The Kier molecular flexibility index (Phi) is 7.00. The molecule has 1 aromatic carbocycles. The van der Waals surface area contributed by atoms with E-state index in [9.17, 15) is 0 Å². The van der Waals surface area contributed by atoms with Gasteiger partial charge in [0.25, 0.3) is 0 Å². The summed E-state index contributed by atoms with van der Waals surface area (Å²) in [5.41, 5.74) is 6.45. The van der Waals surface area contributed by atoms with Gasteiger partial charge in [0.05, 0.1) is 12.0 Å². The molecule has 5 heteroatoms. The molecular weight excluding hydrogens is 224 g/mol. The minimum Gasteiger partial charge on any atom is -0.385 e. The molecule has 0 aliphatic heterocycles. The summed E-state index contributed by atoms with van der Waals surface area (Å²) in [5, 5.41) is 11.6. The lowest BCUT2D eigenvalue weighted by atomic mass is 10.2. The quantitative estimate of drug-likeness (QED) is 0.283. The van der Waals surface area contributed by atoms with E-state index in [-0.39, 0.29) is 0 Å². The minimum absolute atomic E-state index is 0.764. The van der Waals surface area contributed by atoms with E-state index in [2.05, 4.69) is 9.65 Å². The van der Waals surface area contributed by atoms with E-state index in [1.165, 1.54) is 0 Å². The Morgan fingerprint density at radius 2 is 2.19 bits per heavy atom. The van der Waals surface area contributed by atoms with Crippen molar-refractivity contribution in [3.63, 3.8) is 0 Å². The summed E-state index contributed by atoms with van der Waals surface area (Å²) in [6, 6.07) is 7.72. The Hall–Kier alpha value is -0.750. The first-order valence-electron chi connectivity index (χ1n) is 5.39. The Balaban J connectivity index is 2.27. The number of anilines is 1. The maximum atomic E-state index is 8.31. The van der Waals surface area contributed by atoms with Crippen molar-refractivity contribution in [2.24, 2.45) is 5.73 Å². The van der Waals surface area contributed by atoms with Gasteiger partial charge in [-0.05, 0) is 37.6 Å². The summed E-state index contributed by atoms with van der Waals surface area (Å²) >= 11 is 0.936. The van der Waals surface area contributed by atoms with Gasteiger partial charge in [-0.2, -0.15) is 4.33 Å². The largest absolute Gasteiger partial charge is 0.385 e. The number of rotatable bonds is 8. The van der Waals surface area contributed by atoms with Gasteiger partial charge >= 0.3 is 0 Å². The van der Waals surface area contributed by atoms with Gasteiger partial charge in [0.15, 0.2) is 0 Å². The number of benzene rings is 1. The van der Waals surface area contributed by atoms with Gasteiger partial charge in [-0.3, -0.25) is 0 Å². The summed E-state index contributed by atoms with van der Waals surface area (Å²) < 4.78 is 4.02. The number of hydrogen-bond acceptors (Lipinski definition) is 5. The molecule has 0 bridgehead atoms. The molecule has 0 aromatic heterocycles. The Morgan fingerprint density at radius 1 is 1.31 bits per heavy atom. The summed E-state index contributed by atoms with van der Waals surface area (Å²) in [4.78, 5) is 0.870. The fourth-order valence-corrected chi connectivity index (χ4v) is 1.78. The highest BCUT2D eigenvalue weighted by Gasteiger charge is 1.96. The molecule has 0 aliphatic carbocycles. The van der Waals surface area contributed by atoms with E-state index >= 15 is 0 Å². The Labute approximate surface area is 100 Å². The molecule has 0 unspecified atom stereocenters. The summed E-state index contributed by atoms with van der Waals surface area (Å²) in [6.45, 7) is 1.70. The number of hydrogen-bond donors (Lipinski definition) is 3. The SMILES string of the molecule is NCCCCCNc1cccc(SOO)c1. The topological polar surface area (TPSA) is 67.5 Å². The third-order valence-corrected chi connectivity index (χ3v) is 2.70. The fourth-order valence-electron chi connectivity index (χ4n) is 1.38. The van der Waals surface area contributed by atoms with Gasteiger partial charge < -0.3 is 11.1 Å². The van der Waals surface area contributed by atoms with Crippen molar-refractivity contribution >= 4 is 17.7 Å². The summed E-state index contributed by atoms with van der Waals surface area (Å²) in [6.07, 6.45) is 3.35. The zero-order valence-corrected chi connectivity index (χ0v) is 10.0. The van der Waals surface area contributed by atoms with Crippen molar-refractivity contribution in [2.75, 3.05) is 18.4 Å². The first-order chi connectivity index (χ1) is 7.86. The van der Waals surface area contributed by atoms with Crippen LogP contribution in [0.5, 0.6) is 0 Å². The summed E-state index contributed by atoms with van der Waals surface area (Å²) in [5.74, 6) is 0. The third-order valence-electron chi connectivity index (χ3n) is 2.18. The molecule has 1 rings (SSSR count). The standard InChI is InChI=1S/C11H18N2O2S/c12-7-2-1-3-8-13-10-5-4-6-11(9-10)16-15-14/h4-6,9,13-14H,1-3,7-8,12H2. The fraction of sp³-hybridized carbons (Fsp3) is 0.455. The monoisotopic (exact) mass is 242 g/mol. The molecule has 0 spiro atoms. The van der Waals surface area contributed by atoms with E-state index < -0.39 is 0 Å². The van der Waals surface area contributed by atoms with Crippen molar-refractivity contribution in [1.29, 1.82) is 0 Å². The second-order valence-electron chi connectivity index (χ2n) is 3.46. The van der Waals surface area contributed by atoms with Crippen LogP contribution < -0.4 is 11.1 Å². The van der Waals surface area contributed by atoms with Crippen LogP contribution in [0.2, 0.25) is 0 Å². The molecule has 0 atom stereocenters. The molecular formula is C11H18N2O2S. The lowest BCUT2D eigenvalue weighted by molar-refractivity contribution is -0.116. The van der Waals surface area contributed by atoms with Crippen molar-refractivity contribution in [1.82, 2.24) is 0 Å². The van der Waals surface area contributed by atoms with E-state index in [0.717, 1.165) is 55.0 Å².